The van der Waals surface area contributed by atoms with E-state index >= 15 is 0 Å². The van der Waals surface area contributed by atoms with Crippen molar-refractivity contribution >= 4 is 28.8 Å². The maximum Gasteiger partial charge on any atom is 0.251 e. The van der Waals surface area contributed by atoms with E-state index in [1.54, 1.807) is 0 Å². The number of anilines is 1. The fourth-order valence-corrected chi connectivity index (χ4v) is 2.73. The Hall–Kier alpha value is -3.22. The highest BCUT2D eigenvalue weighted by molar-refractivity contribution is 6.01. The first kappa shape index (κ1) is 18.6. The number of carbonyl (C=O) groups is 2. The van der Waals surface area contributed by atoms with Crippen LogP contribution in [0, 0.1) is 11.7 Å². The van der Waals surface area contributed by atoms with Crippen LogP contribution in [0.5, 0.6) is 0 Å². The van der Waals surface area contributed by atoms with Crippen LogP contribution in [0.3, 0.4) is 0 Å². The lowest BCUT2D eigenvalue weighted by Crippen LogP contribution is -2.47. The fraction of sp³-hybridized carbons (Fsp3) is 0.250. The number of carbonyl (C=O) groups excluding carboxylic acids is 2. The average Bonchev–Trinajstić information content (AvgIpc) is 3.07. The Morgan fingerprint density at radius 2 is 1.85 bits per heavy atom. The summed E-state index contributed by atoms with van der Waals surface area (Å²) in [5.41, 5.74) is 1.84. The van der Waals surface area contributed by atoms with Gasteiger partial charge in [-0.05, 0) is 42.3 Å². The van der Waals surface area contributed by atoms with Gasteiger partial charge < -0.3 is 10.3 Å². The highest BCUT2D eigenvalue weighted by Crippen LogP contribution is 2.16. The molecule has 0 aliphatic heterocycles. The normalized spacial score (nSPS) is 13.1. The van der Waals surface area contributed by atoms with Gasteiger partial charge >= 0.3 is 0 Å². The number of nitrogens with one attached hydrogen (secondary N) is 3. The van der Waals surface area contributed by atoms with Gasteiger partial charge in [0.15, 0.2) is 0 Å². The summed E-state index contributed by atoms with van der Waals surface area (Å²) in [6.07, 6.45) is 0.696. The molecule has 3 aromatic rings. The summed E-state index contributed by atoms with van der Waals surface area (Å²) in [7, 11) is 0. The van der Waals surface area contributed by atoms with Crippen molar-refractivity contribution in [1.29, 1.82) is 0 Å². The van der Waals surface area contributed by atoms with E-state index in [-0.39, 0.29) is 11.8 Å². The smallest absolute Gasteiger partial charge is 0.251 e. The molecule has 140 valence electrons. The molecule has 0 aliphatic rings. The molecule has 0 spiro atoms. The van der Waals surface area contributed by atoms with E-state index in [1.165, 1.54) is 24.3 Å². The highest BCUT2D eigenvalue weighted by atomic mass is 19.1. The number of hydrogen-bond acceptors (Lipinski definition) is 3. The molecular formula is C20H21FN4O2. The van der Waals surface area contributed by atoms with Gasteiger partial charge in [-0.3, -0.25) is 14.9 Å². The summed E-state index contributed by atoms with van der Waals surface area (Å²) < 4.78 is 13.0. The second-order valence-electron chi connectivity index (χ2n) is 6.44. The molecule has 0 fully saturated rings. The monoisotopic (exact) mass is 368 g/mol. The minimum Gasteiger partial charge on any atom is -0.340 e. The highest BCUT2D eigenvalue weighted by Gasteiger charge is 2.27. The summed E-state index contributed by atoms with van der Waals surface area (Å²) in [6.45, 7) is 3.82. The van der Waals surface area contributed by atoms with Crippen LogP contribution in [0.2, 0.25) is 0 Å². The molecule has 0 saturated heterocycles. The van der Waals surface area contributed by atoms with Gasteiger partial charge in [-0.2, -0.15) is 0 Å². The molecular weight excluding hydrogens is 347 g/mol. The lowest BCUT2D eigenvalue weighted by Gasteiger charge is -2.23. The van der Waals surface area contributed by atoms with E-state index < -0.39 is 17.8 Å². The zero-order chi connectivity index (χ0) is 19.4. The van der Waals surface area contributed by atoms with Crippen LogP contribution in [0.4, 0.5) is 10.3 Å². The molecule has 0 bridgehead atoms. The summed E-state index contributed by atoms with van der Waals surface area (Å²) >= 11 is 0. The topological polar surface area (TPSA) is 86.9 Å². The third-order valence-corrected chi connectivity index (χ3v) is 4.52. The number of para-hydroxylation sites is 2. The Balaban J connectivity index is 1.75. The standard InChI is InChI=1S/C20H21FN4O2/c1-3-12(2)17(24-18(26)13-8-10-14(21)11-9-13)19(27)25-20-22-15-6-4-5-7-16(15)23-20/h4-12,17H,3H2,1-2H3,(H,24,26)(H2,22,23,25,27)/t12-,17-/m1/s1. The zero-order valence-electron chi connectivity index (χ0n) is 15.1. The number of imidazole rings is 1. The van der Waals surface area contributed by atoms with Crippen LogP contribution in [-0.2, 0) is 4.79 Å². The van der Waals surface area contributed by atoms with Crippen molar-refractivity contribution in [1.82, 2.24) is 15.3 Å². The first-order valence-electron chi connectivity index (χ1n) is 8.80. The zero-order valence-corrected chi connectivity index (χ0v) is 15.1. The van der Waals surface area contributed by atoms with Crippen molar-refractivity contribution in [2.45, 2.75) is 26.3 Å². The number of halogens is 1. The maximum absolute atomic E-state index is 13.0. The molecule has 2 amide bonds. The lowest BCUT2D eigenvalue weighted by molar-refractivity contribution is -0.119. The number of aromatic amines is 1. The maximum atomic E-state index is 13.0. The number of rotatable bonds is 6. The molecule has 0 aliphatic carbocycles. The SMILES string of the molecule is CC[C@@H](C)[C@@H](NC(=O)c1ccc(F)cc1)C(=O)Nc1nc2ccccc2[nH]1. The van der Waals surface area contributed by atoms with Crippen LogP contribution >= 0.6 is 0 Å². The predicted octanol–water partition coefficient (Wildman–Crippen LogP) is 3.49. The molecule has 2 atom stereocenters. The second-order valence-corrected chi connectivity index (χ2v) is 6.44. The number of nitrogens with zero attached hydrogens (tertiary/aromatic N) is 1. The summed E-state index contributed by atoms with van der Waals surface area (Å²) in [5.74, 6) is -0.990. The Morgan fingerprint density at radius 3 is 2.52 bits per heavy atom. The number of amides is 2. The number of hydrogen-bond donors (Lipinski definition) is 3. The molecule has 2 aromatic carbocycles. The molecule has 1 aromatic heterocycles. The molecule has 27 heavy (non-hydrogen) atoms. The van der Waals surface area contributed by atoms with Gasteiger partial charge in [-0.1, -0.05) is 32.4 Å². The Labute approximate surface area is 156 Å². The van der Waals surface area contributed by atoms with Crippen LogP contribution in [0.25, 0.3) is 11.0 Å². The van der Waals surface area contributed by atoms with E-state index in [0.29, 0.717) is 17.9 Å². The van der Waals surface area contributed by atoms with E-state index in [0.717, 1.165) is 11.0 Å². The van der Waals surface area contributed by atoms with Crippen molar-refractivity contribution in [3.63, 3.8) is 0 Å². The third kappa shape index (κ3) is 4.31. The number of benzene rings is 2. The first-order valence-corrected chi connectivity index (χ1v) is 8.80. The quantitative estimate of drug-likeness (QED) is 0.622. The Bertz CT molecular complexity index is 919. The first-order chi connectivity index (χ1) is 13.0. The molecule has 3 rings (SSSR count). The molecule has 3 N–H and O–H groups in total. The molecule has 1 heterocycles. The van der Waals surface area contributed by atoms with Gasteiger partial charge in [0.1, 0.15) is 11.9 Å². The molecule has 7 heteroatoms. The van der Waals surface area contributed by atoms with Gasteiger partial charge in [0.2, 0.25) is 11.9 Å². The van der Waals surface area contributed by atoms with Gasteiger partial charge in [-0.15, -0.1) is 0 Å². The fourth-order valence-electron chi connectivity index (χ4n) is 2.73. The van der Waals surface area contributed by atoms with Crippen LogP contribution in [0.15, 0.2) is 48.5 Å². The van der Waals surface area contributed by atoms with Gasteiger partial charge in [-0.25, -0.2) is 9.37 Å². The van der Waals surface area contributed by atoms with E-state index in [4.69, 9.17) is 0 Å². The lowest BCUT2D eigenvalue weighted by atomic mass is 9.98. The molecule has 0 radical (unpaired) electrons. The number of H-pyrrole nitrogens is 1. The van der Waals surface area contributed by atoms with Crippen LogP contribution in [-0.4, -0.2) is 27.8 Å². The van der Waals surface area contributed by atoms with Crippen molar-refractivity contribution in [2.75, 3.05) is 5.32 Å². The summed E-state index contributed by atoms with van der Waals surface area (Å²) in [6, 6.07) is 11.9. The van der Waals surface area contributed by atoms with Gasteiger partial charge in [0.25, 0.3) is 5.91 Å². The molecule has 0 unspecified atom stereocenters. The second kappa shape index (κ2) is 7.99. The number of aromatic nitrogens is 2. The minimum absolute atomic E-state index is 0.0984. The Morgan fingerprint density at radius 1 is 1.15 bits per heavy atom. The van der Waals surface area contributed by atoms with Crippen molar-refractivity contribution in [3.05, 3.63) is 59.9 Å². The van der Waals surface area contributed by atoms with E-state index in [9.17, 15) is 14.0 Å². The van der Waals surface area contributed by atoms with Crippen molar-refractivity contribution in [2.24, 2.45) is 5.92 Å². The largest absolute Gasteiger partial charge is 0.340 e. The predicted molar refractivity (Wildman–Crippen MR) is 102 cm³/mol. The minimum atomic E-state index is -0.749. The molecule has 0 saturated carbocycles. The number of fused-ring (bicyclic) bond motifs is 1. The van der Waals surface area contributed by atoms with Gasteiger partial charge in [0, 0.05) is 5.56 Å². The Kier molecular flexibility index (Phi) is 5.49. The van der Waals surface area contributed by atoms with E-state index in [1.807, 2.05) is 38.1 Å². The summed E-state index contributed by atoms with van der Waals surface area (Å²) in [5, 5.41) is 5.47. The van der Waals surface area contributed by atoms with Crippen molar-refractivity contribution in [3.8, 4) is 0 Å². The van der Waals surface area contributed by atoms with E-state index in [2.05, 4.69) is 20.6 Å². The van der Waals surface area contributed by atoms with Gasteiger partial charge in [0.05, 0.1) is 11.0 Å². The van der Waals surface area contributed by atoms with Crippen LogP contribution < -0.4 is 10.6 Å². The molecule has 6 nitrogen and oxygen atoms in total. The van der Waals surface area contributed by atoms with Crippen molar-refractivity contribution < 1.29 is 14.0 Å². The third-order valence-electron chi connectivity index (χ3n) is 4.52. The summed E-state index contributed by atoms with van der Waals surface area (Å²) in [4.78, 5) is 32.6. The van der Waals surface area contributed by atoms with Crippen LogP contribution in [0.1, 0.15) is 30.6 Å². The average molecular weight is 368 g/mol.